The average molecular weight is 375 g/mol. The van der Waals surface area contributed by atoms with E-state index in [9.17, 15) is 17.6 Å². The van der Waals surface area contributed by atoms with Crippen LogP contribution in [0.5, 0.6) is 0 Å². The van der Waals surface area contributed by atoms with Crippen LogP contribution in [0.2, 0.25) is 0 Å². The van der Waals surface area contributed by atoms with E-state index in [1.807, 2.05) is 6.07 Å². The molecule has 0 aliphatic carbocycles. The highest BCUT2D eigenvalue weighted by atomic mass is 32.2. The Kier molecular flexibility index (Phi) is 4.26. The summed E-state index contributed by atoms with van der Waals surface area (Å²) in [5, 5.41) is 15.4. The lowest BCUT2D eigenvalue weighted by Crippen LogP contribution is -2.14. The summed E-state index contributed by atoms with van der Waals surface area (Å²) >= 11 is 0.923. The molecule has 2 N–H and O–H groups in total. The van der Waals surface area contributed by atoms with Crippen LogP contribution in [-0.2, 0) is 10.0 Å². The van der Waals surface area contributed by atoms with Gasteiger partial charge in [-0.25, -0.2) is 17.9 Å². The number of nitrogens with zero attached hydrogens (tertiary/aromatic N) is 2. The van der Waals surface area contributed by atoms with Crippen molar-refractivity contribution in [2.75, 3.05) is 0 Å². The Bertz CT molecular complexity index is 1160. The van der Waals surface area contributed by atoms with Crippen molar-refractivity contribution in [3.8, 4) is 23.0 Å². The van der Waals surface area contributed by atoms with Crippen molar-refractivity contribution in [2.24, 2.45) is 5.14 Å². The predicted octanol–water partition coefficient (Wildman–Crippen LogP) is 2.22. The van der Waals surface area contributed by atoms with Crippen LogP contribution in [0, 0.1) is 17.1 Å². The molecule has 0 bridgehead atoms. The van der Waals surface area contributed by atoms with E-state index in [1.54, 1.807) is 29.6 Å². The number of hydrogen-bond donors (Lipinski definition) is 1. The molecule has 0 atom stereocenters. The number of benzene rings is 2. The number of halogens is 1. The molecule has 3 aromatic rings. The third-order valence-electron chi connectivity index (χ3n) is 3.48. The Labute approximate surface area is 146 Å². The first-order chi connectivity index (χ1) is 11.8. The highest BCUT2D eigenvalue weighted by Crippen LogP contribution is 2.26. The van der Waals surface area contributed by atoms with E-state index in [2.05, 4.69) is 0 Å². The molecule has 0 aliphatic heterocycles. The number of hydrogen-bond acceptors (Lipinski definition) is 5. The molecule has 25 heavy (non-hydrogen) atoms. The third-order valence-corrected chi connectivity index (χ3v) is 5.15. The molecule has 0 radical (unpaired) electrons. The van der Waals surface area contributed by atoms with Crippen molar-refractivity contribution in [1.29, 1.82) is 5.26 Å². The van der Waals surface area contributed by atoms with Gasteiger partial charge in [-0.05, 0) is 36.4 Å². The van der Waals surface area contributed by atoms with E-state index in [0.717, 1.165) is 23.5 Å². The number of nitrogens with two attached hydrogens (primary N) is 1. The number of sulfonamides is 1. The van der Waals surface area contributed by atoms with Crippen molar-refractivity contribution in [1.82, 2.24) is 4.57 Å². The maximum atomic E-state index is 14.1. The zero-order valence-corrected chi connectivity index (χ0v) is 14.1. The quantitative estimate of drug-likeness (QED) is 0.757. The van der Waals surface area contributed by atoms with Gasteiger partial charge in [-0.15, -0.1) is 0 Å². The minimum Gasteiger partial charge on any atom is -0.267 e. The third kappa shape index (κ3) is 3.23. The molecule has 1 heterocycles. The van der Waals surface area contributed by atoms with Crippen molar-refractivity contribution >= 4 is 21.4 Å². The molecule has 0 saturated carbocycles. The molecule has 1 aromatic heterocycles. The molecule has 0 spiro atoms. The lowest BCUT2D eigenvalue weighted by Gasteiger charge is -2.09. The molecule has 2 aromatic carbocycles. The van der Waals surface area contributed by atoms with Crippen LogP contribution in [0.1, 0.15) is 5.56 Å². The first kappa shape index (κ1) is 17.0. The molecular formula is C16H10FN3O3S2. The van der Waals surface area contributed by atoms with Crippen LogP contribution in [0.15, 0.2) is 57.5 Å². The summed E-state index contributed by atoms with van der Waals surface area (Å²) in [6.07, 6.45) is 0. The van der Waals surface area contributed by atoms with Crippen LogP contribution in [0.4, 0.5) is 4.39 Å². The van der Waals surface area contributed by atoms with E-state index in [1.165, 1.54) is 10.6 Å². The van der Waals surface area contributed by atoms with Crippen molar-refractivity contribution in [3.63, 3.8) is 0 Å². The maximum absolute atomic E-state index is 14.1. The van der Waals surface area contributed by atoms with Gasteiger partial charge in [-0.3, -0.25) is 9.36 Å². The molecule has 0 aliphatic rings. The summed E-state index contributed by atoms with van der Waals surface area (Å²) in [5.41, 5.74) is 1.68. The highest BCUT2D eigenvalue weighted by Gasteiger charge is 2.17. The molecule has 0 amide bonds. The SMILES string of the molecule is N#Cc1ccc(-n2c(-c3ccc(S(N)(=O)=O)c(F)c3)csc2=O)cc1. The fourth-order valence-electron chi connectivity index (χ4n) is 2.33. The van der Waals surface area contributed by atoms with Gasteiger partial charge in [0.25, 0.3) is 0 Å². The topological polar surface area (TPSA) is 106 Å². The van der Waals surface area contributed by atoms with Crippen molar-refractivity contribution in [2.45, 2.75) is 4.90 Å². The average Bonchev–Trinajstić information content (AvgIpc) is 2.95. The predicted molar refractivity (Wildman–Crippen MR) is 91.4 cm³/mol. The summed E-state index contributed by atoms with van der Waals surface area (Å²) < 4.78 is 38.1. The first-order valence-corrected chi connectivity index (χ1v) is 9.27. The Morgan fingerprint density at radius 2 is 1.84 bits per heavy atom. The summed E-state index contributed by atoms with van der Waals surface area (Å²) in [6.45, 7) is 0. The molecule has 0 fully saturated rings. The second kappa shape index (κ2) is 6.25. The lowest BCUT2D eigenvalue weighted by atomic mass is 10.1. The zero-order chi connectivity index (χ0) is 18.2. The van der Waals surface area contributed by atoms with Crippen LogP contribution >= 0.6 is 11.3 Å². The fraction of sp³-hybridized carbons (Fsp3) is 0. The zero-order valence-electron chi connectivity index (χ0n) is 12.5. The Balaban J connectivity index is 2.15. The molecule has 0 saturated heterocycles. The van der Waals surface area contributed by atoms with E-state index >= 15 is 0 Å². The van der Waals surface area contributed by atoms with Gasteiger partial charge in [0, 0.05) is 10.9 Å². The van der Waals surface area contributed by atoms with Crippen LogP contribution in [-0.4, -0.2) is 13.0 Å². The van der Waals surface area contributed by atoms with E-state index in [0.29, 0.717) is 22.5 Å². The van der Waals surface area contributed by atoms with Crippen LogP contribution in [0.25, 0.3) is 16.9 Å². The lowest BCUT2D eigenvalue weighted by molar-refractivity contribution is 0.568. The number of aromatic nitrogens is 1. The smallest absolute Gasteiger partial charge is 0.267 e. The normalized spacial score (nSPS) is 11.2. The first-order valence-electron chi connectivity index (χ1n) is 6.85. The Hall–Kier alpha value is -2.80. The van der Waals surface area contributed by atoms with Gasteiger partial charge in [0.2, 0.25) is 10.0 Å². The van der Waals surface area contributed by atoms with E-state index in [4.69, 9.17) is 10.4 Å². The Morgan fingerprint density at radius 1 is 1.16 bits per heavy atom. The number of thiazole rings is 1. The van der Waals surface area contributed by atoms with Crippen molar-refractivity contribution < 1.29 is 12.8 Å². The Morgan fingerprint density at radius 3 is 2.40 bits per heavy atom. The van der Waals surface area contributed by atoms with Gasteiger partial charge in [0.1, 0.15) is 10.7 Å². The summed E-state index contributed by atoms with van der Waals surface area (Å²) in [6, 6.07) is 11.8. The molecule has 126 valence electrons. The van der Waals surface area contributed by atoms with Gasteiger partial charge >= 0.3 is 4.87 Å². The van der Waals surface area contributed by atoms with Gasteiger partial charge in [-0.1, -0.05) is 17.4 Å². The highest BCUT2D eigenvalue weighted by molar-refractivity contribution is 7.89. The summed E-state index contributed by atoms with van der Waals surface area (Å²) in [5.74, 6) is -0.995. The molecule has 0 unspecified atom stereocenters. The standard InChI is InChI=1S/C16H10FN3O3S2/c17-13-7-11(3-6-15(13)25(19,22)23)14-9-24-16(21)20(14)12-4-1-10(8-18)2-5-12/h1-7,9H,(H2,19,22,23). The minimum atomic E-state index is -4.17. The molecular weight excluding hydrogens is 365 g/mol. The van der Waals surface area contributed by atoms with Crippen LogP contribution in [0.3, 0.4) is 0 Å². The molecule has 9 heteroatoms. The van der Waals surface area contributed by atoms with Crippen LogP contribution < -0.4 is 10.0 Å². The van der Waals surface area contributed by atoms with E-state index in [-0.39, 0.29) is 4.87 Å². The number of rotatable bonds is 3. The monoisotopic (exact) mass is 375 g/mol. The van der Waals surface area contributed by atoms with Crippen molar-refractivity contribution in [3.05, 3.63) is 68.9 Å². The molecule has 6 nitrogen and oxygen atoms in total. The summed E-state index contributed by atoms with van der Waals surface area (Å²) in [7, 11) is -4.17. The van der Waals surface area contributed by atoms with Gasteiger partial charge in [0.15, 0.2) is 0 Å². The maximum Gasteiger partial charge on any atom is 0.312 e. The number of nitriles is 1. The summed E-state index contributed by atoms with van der Waals surface area (Å²) in [4.78, 5) is 11.3. The second-order valence-corrected chi connectivity index (χ2v) is 7.42. The second-order valence-electron chi connectivity index (χ2n) is 5.07. The van der Waals surface area contributed by atoms with Gasteiger partial charge < -0.3 is 0 Å². The number of primary sulfonamides is 1. The fourth-order valence-corrected chi connectivity index (χ4v) is 3.68. The van der Waals surface area contributed by atoms with Gasteiger partial charge in [-0.2, -0.15) is 5.26 Å². The van der Waals surface area contributed by atoms with E-state index < -0.39 is 20.7 Å². The largest absolute Gasteiger partial charge is 0.312 e. The molecule has 3 rings (SSSR count). The van der Waals surface area contributed by atoms with Gasteiger partial charge in [0.05, 0.1) is 23.0 Å². The minimum absolute atomic E-state index is 0.296.